The first-order valence-electron chi connectivity index (χ1n) is 5.10. The number of ether oxygens (including phenoxy) is 1. The molecule has 1 aromatic rings. The summed E-state index contributed by atoms with van der Waals surface area (Å²) in [6, 6.07) is 6.74. The molecule has 2 rings (SSSR count). The van der Waals surface area contributed by atoms with Crippen LogP contribution < -0.4 is 4.74 Å². The van der Waals surface area contributed by atoms with Gasteiger partial charge < -0.3 is 4.74 Å². The zero-order valence-electron chi connectivity index (χ0n) is 8.37. The standard InChI is InChI=1S/C12H12FNO/c13-10-4-5-12-11(7-10)9(8-15-12)3-1-2-6-14/h4-5,7,9H,1-3,8H2. The fraction of sp³-hybridized carbons (Fsp3) is 0.417. The lowest BCUT2D eigenvalue weighted by atomic mass is 9.95. The first kappa shape index (κ1) is 9.97. The van der Waals surface area contributed by atoms with Gasteiger partial charge in [0.05, 0.1) is 12.7 Å². The number of fused-ring (bicyclic) bond motifs is 1. The van der Waals surface area contributed by atoms with Gasteiger partial charge in [0, 0.05) is 17.9 Å². The van der Waals surface area contributed by atoms with Crippen molar-refractivity contribution in [1.82, 2.24) is 0 Å². The van der Waals surface area contributed by atoms with Gasteiger partial charge in [0.25, 0.3) is 0 Å². The Morgan fingerprint density at radius 1 is 1.53 bits per heavy atom. The van der Waals surface area contributed by atoms with E-state index in [0.29, 0.717) is 13.0 Å². The van der Waals surface area contributed by atoms with Crippen molar-refractivity contribution in [2.75, 3.05) is 6.61 Å². The van der Waals surface area contributed by atoms with Gasteiger partial charge in [-0.05, 0) is 31.0 Å². The molecule has 0 bridgehead atoms. The highest BCUT2D eigenvalue weighted by molar-refractivity contribution is 5.40. The van der Waals surface area contributed by atoms with Crippen LogP contribution in [0.1, 0.15) is 30.7 Å². The number of unbranched alkanes of at least 4 members (excludes halogenated alkanes) is 1. The van der Waals surface area contributed by atoms with Crippen LogP contribution in [0.4, 0.5) is 4.39 Å². The zero-order valence-corrected chi connectivity index (χ0v) is 8.37. The van der Waals surface area contributed by atoms with Crippen LogP contribution in [0.2, 0.25) is 0 Å². The predicted octanol–water partition coefficient (Wildman–Crippen LogP) is 3.00. The lowest BCUT2D eigenvalue weighted by Gasteiger charge is -2.06. The molecule has 0 aromatic heterocycles. The molecule has 1 aromatic carbocycles. The van der Waals surface area contributed by atoms with Gasteiger partial charge in [-0.25, -0.2) is 4.39 Å². The highest BCUT2D eigenvalue weighted by atomic mass is 19.1. The van der Waals surface area contributed by atoms with Crippen molar-refractivity contribution in [3.8, 4) is 11.8 Å². The summed E-state index contributed by atoms with van der Waals surface area (Å²) in [5, 5.41) is 8.44. The van der Waals surface area contributed by atoms with Crippen LogP contribution in [0.25, 0.3) is 0 Å². The molecule has 0 saturated carbocycles. The Morgan fingerprint density at radius 3 is 3.20 bits per heavy atom. The summed E-state index contributed by atoms with van der Waals surface area (Å²) in [5.41, 5.74) is 0.952. The van der Waals surface area contributed by atoms with Crippen molar-refractivity contribution in [2.45, 2.75) is 25.2 Å². The van der Waals surface area contributed by atoms with E-state index in [1.54, 1.807) is 12.1 Å². The van der Waals surface area contributed by atoms with Crippen LogP contribution in [0.15, 0.2) is 18.2 Å². The molecule has 0 amide bonds. The molecule has 1 aliphatic rings. The fourth-order valence-corrected chi connectivity index (χ4v) is 1.92. The second kappa shape index (κ2) is 4.31. The van der Waals surface area contributed by atoms with Crippen molar-refractivity contribution in [2.24, 2.45) is 0 Å². The van der Waals surface area contributed by atoms with Crippen LogP contribution in [0.3, 0.4) is 0 Å². The van der Waals surface area contributed by atoms with Crippen LogP contribution in [0.5, 0.6) is 5.75 Å². The summed E-state index contributed by atoms with van der Waals surface area (Å²) in [5.74, 6) is 0.826. The number of rotatable bonds is 3. The predicted molar refractivity (Wildman–Crippen MR) is 54.1 cm³/mol. The number of benzene rings is 1. The average Bonchev–Trinajstić information content (AvgIpc) is 2.62. The Kier molecular flexibility index (Phi) is 2.86. The number of halogens is 1. The quantitative estimate of drug-likeness (QED) is 0.710. The lowest BCUT2D eigenvalue weighted by molar-refractivity contribution is 0.323. The third-order valence-electron chi connectivity index (χ3n) is 2.69. The van der Waals surface area contributed by atoms with E-state index in [9.17, 15) is 4.39 Å². The number of hydrogen-bond acceptors (Lipinski definition) is 2. The highest BCUT2D eigenvalue weighted by Crippen LogP contribution is 2.36. The van der Waals surface area contributed by atoms with Crippen molar-refractivity contribution in [3.05, 3.63) is 29.6 Å². The van der Waals surface area contributed by atoms with Gasteiger partial charge in [-0.1, -0.05) is 0 Å². The van der Waals surface area contributed by atoms with E-state index in [1.807, 2.05) is 0 Å². The first-order valence-corrected chi connectivity index (χ1v) is 5.10. The Bertz CT molecular complexity index is 397. The molecule has 1 aliphatic heterocycles. The molecular formula is C12H12FNO. The average molecular weight is 205 g/mol. The van der Waals surface area contributed by atoms with Crippen LogP contribution in [0, 0.1) is 17.1 Å². The van der Waals surface area contributed by atoms with E-state index in [-0.39, 0.29) is 11.7 Å². The number of nitrogens with zero attached hydrogens (tertiary/aromatic N) is 1. The van der Waals surface area contributed by atoms with E-state index < -0.39 is 0 Å². The lowest BCUT2D eigenvalue weighted by Crippen LogP contribution is -2.00. The van der Waals surface area contributed by atoms with E-state index in [1.165, 1.54) is 6.07 Å². The molecule has 2 nitrogen and oxygen atoms in total. The fourth-order valence-electron chi connectivity index (χ4n) is 1.92. The molecule has 0 saturated heterocycles. The second-order valence-electron chi connectivity index (χ2n) is 3.74. The second-order valence-corrected chi connectivity index (χ2v) is 3.74. The third kappa shape index (κ3) is 2.10. The molecule has 1 heterocycles. The molecule has 0 spiro atoms. The topological polar surface area (TPSA) is 33.0 Å². The zero-order chi connectivity index (χ0) is 10.7. The van der Waals surface area contributed by atoms with Crippen LogP contribution in [-0.4, -0.2) is 6.61 Å². The first-order chi connectivity index (χ1) is 7.31. The molecule has 1 atom stereocenters. The van der Waals surface area contributed by atoms with Crippen molar-refractivity contribution in [1.29, 1.82) is 5.26 Å². The van der Waals surface area contributed by atoms with Crippen molar-refractivity contribution >= 4 is 0 Å². The summed E-state index contributed by atoms with van der Waals surface area (Å²) < 4.78 is 18.5. The van der Waals surface area contributed by atoms with E-state index in [4.69, 9.17) is 10.00 Å². The summed E-state index contributed by atoms with van der Waals surface area (Å²) in [6.07, 6.45) is 2.30. The molecule has 15 heavy (non-hydrogen) atoms. The molecule has 0 aliphatic carbocycles. The Hall–Kier alpha value is -1.56. The van der Waals surface area contributed by atoms with Gasteiger partial charge in [0.2, 0.25) is 0 Å². The van der Waals surface area contributed by atoms with Gasteiger partial charge in [-0.3, -0.25) is 0 Å². The Morgan fingerprint density at radius 2 is 2.40 bits per heavy atom. The van der Waals surface area contributed by atoms with Gasteiger partial charge in [-0.2, -0.15) is 5.26 Å². The molecule has 0 radical (unpaired) electrons. The van der Waals surface area contributed by atoms with Gasteiger partial charge in [-0.15, -0.1) is 0 Å². The SMILES string of the molecule is N#CCCCC1COc2ccc(F)cc21. The Labute approximate surface area is 88.3 Å². The smallest absolute Gasteiger partial charge is 0.123 e. The van der Waals surface area contributed by atoms with Crippen molar-refractivity contribution in [3.63, 3.8) is 0 Å². The minimum Gasteiger partial charge on any atom is -0.493 e. The summed E-state index contributed by atoms with van der Waals surface area (Å²) in [4.78, 5) is 0. The minimum atomic E-state index is -0.218. The minimum absolute atomic E-state index is 0.218. The van der Waals surface area contributed by atoms with E-state index >= 15 is 0 Å². The van der Waals surface area contributed by atoms with E-state index in [2.05, 4.69) is 6.07 Å². The third-order valence-corrected chi connectivity index (χ3v) is 2.69. The molecule has 0 fully saturated rings. The molecule has 3 heteroatoms. The van der Waals surface area contributed by atoms with Crippen LogP contribution >= 0.6 is 0 Å². The molecular weight excluding hydrogens is 193 g/mol. The van der Waals surface area contributed by atoms with E-state index in [0.717, 1.165) is 24.2 Å². The summed E-state index contributed by atoms with van der Waals surface area (Å²) in [6.45, 7) is 0.615. The van der Waals surface area contributed by atoms with Gasteiger partial charge >= 0.3 is 0 Å². The number of hydrogen-bond donors (Lipinski definition) is 0. The van der Waals surface area contributed by atoms with Gasteiger partial charge in [0.15, 0.2) is 0 Å². The normalized spacial score (nSPS) is 18.0. The summed E-state index contributed by atoms with van der Waals surface area (Å²) >= 11 is 0. The number of nitriles is 1. The molecule has 1 unspecified atom stereocenters. The molecule has 78 valence electrons. The van der Waals surface area contributed by atoms with Gasteiger partial charge in [0.1, 0.15) is 11.6 Å². The highest BCUT2D eigenvalue weighted by Gasteiger charge is 2.23. The monoisotopic (exact) mass is 205 g/mol. The maximum atomic E-state index is 13.0. The maximum Gasteiger partial charge on any atom is 0.123 e. The molecule has 0 N–H and O–H groups in total. The van der Waals surface area contributed by atoms with Crippen molar-refractivity contribution < 1.29 is 9.13 Å². The summed E-state index contributed by atoms with van der Waals surface area (Å²) in [7, 11) is 0. The Balaban J connectivity index is 2.07. The van der Waals surface area contributed by atoms with Crippen LogP contribution in [-0.2, 0) is 0 Å². The largest absolute Gasteiger partial charge is 0.493 e. The maximum absolute atomic E-state index is 13.0.